The molecule has 0 aromatic carbocycles. The summed E-state index contributed by atoms with van der Waals surface area (Å²) in [6, 6.07) is 0. The number of rotatable bonds is 11. The van der Waals surface area contributed by atoms with Crippen molar-refractivity contribution in [3.8, 4) is 0 Å². The van der Waals surface area contributed by atoms with Crippen LogP contribution in [0.1, 0.15) is 6.23 Å². The summed E-state index contributed by atoms with van der Waals surface area (Å²) in [5.41, 5.74) is 3.75. The van der Waals surface area contributed by atoms with E-state index in [1.807, 2.05) is 0 Å². The van der Waals surface area contributed by atoms with Gasteiger partial charge in [-0.2, -0.15) is 4.31 Å². The highest BCUT2D eigenvalue weighted by Crippen LogP contribution is 2.61. The first-order chi connectivity index (χ1) is 19.5. The van der Waals surface area contributed by atoms with Crippen molar-refractivity contribution in [3.63, 3.8) is 0 Å². The van der Waals surface area contributed by atoms with Crippen LogP contribution in [0.3, 0.4) is 0 Å². The summed E-state index contributed by atoms with van der Waals surface area (Å²) in [6.07, 6.45) is -14.0. The number of hydrogen-bond donors (Lipinski definition) is 10. The molecule has 42 heavy (non-hydrogen) atoms. The standard InChI is InChI=1S/C19H29N5O16P2/c1-2-19(31)14(30)8(37-18(19)24-6-23-9-15(20)21-5-22-16(9)24)4-36-41(32,33)40-42(34,35)39-17-12(29)10(27)11(28)13(38-17)7(26)3-25/h2,5-8,10-14,17-18,25-31H,1,3-4H2,(H,32,33)(H,34,35)(H2,20,21,22)/t7-,8+,10?,11?,12?,13?,14+,17?,18+,19+/m0/s1. The Bertz CT molecular complexity index is 1380. The summed E-state index contributed by atoms with van der Waals surface area (Å²) in [5, 5.41) is 70.5. The van der Waals surface area contributed by atoms with Gasteiger partial charge >= 0.3 is 15.6 Å². The zero-order valence-electron chi connectivity index (χ0n) is 21.2. The number of anilines is 1. The van der Waals surface area contributed by atoms with E-state index in [0.29, 0.717) is 0 Å². The van der Waals surface area contributed by atoms with Crippen molar-refractivity contribution in [2.75, 3.05) is 18.9 Å². The molecule has 2 aromatic heterocycles. The van der Waals surface area contributed by atoms with E-state index in [1.165, 1.54) is 10.9 Å². The lowest BCUT2D eigenvalue weighted by molar-refractivity contribution is -0.292. The number of fused-ring (bicyclic) bond motifs is 1. The van der Waals surface area contributed by atoms with E-state index in [-0.39, 0.29) is 17.0 Å². The maximum absolute atomic E-state index is 12.5. The highest BCUT2D eigenvalue weighted by atomic mass is 31.3. The van der Waals surface area contributed by atoms with Crippen LogP contribution in [0, 0.1) is 0 Å². The minimum atomic E-state index is -5.69. The van der Waals surface area contributed by atoms with E-state index in [0.717, 1.165) is 12.4 Å². The van der Waals surface area contributed by atoms with Crippen molar-refractivity contribution < 1.29 is 77.5 Å². The summed E-state index contributed by atoms with van der Waals surface area (Å²) in [5.74, 6) is 0.00488. The number of phosphoric acid groups is 2. The molecular formula is C19H29N5O16P2. The predicted molar refractivity (Wildman–Crippen MR) is 132 cm³/mol. The van der Waals surface area contributed by atoms with Gasteiger partial charge < -0.3 is 60.7 Å². The molecule has 0 saturated carbocycles. The summed E-state index contributed by atoms with van der Waals surface area (Å²) >= 11 is 0. The number of hydrogen-bond acceptors (Lipinski definition) is 18. The summed E-state index contributed by atoms with van der Waals surface area (Å²) < 4.78 is 50.0. The third kappa shape index (κ3) is 6.28. The van der Waals surface area contributed by atoms with E-state index in [2.05, 4.69) is 34.9 Å². The summed E-state index contributed by atoms with van der Waals surface area (Å²) in [7, 11) is -11.2. The van der Waals surface area contributed by atoms with Crippen LogP contribution in [0.5, 0.6) is 0 Å². The van der Waals surface area contributed by atoms with Gasteiger partial charge in [0.2, 0.25) is 0 Å². The maximum atomic E-state index is 12.5. The molecule has 7 unspecified atom stereocenters. The molecule has 2 saturated heterocycles. The first-order valence-electron chi connectivity index (χ1n) is 11.9. The molecule has 23 heteroatoms. The molecular weight excluding hydrogens is 616 g/mol. The molecule has 0 amide bonds. The minimum Gasteiger partial charge on any atom is -0.394 e. The second-order valence-corrected chi connectivity index (χ2v) is 12.3. The molecule has 2 aliphatic heterocycles. The average molecular weight is 645 g/mol. The SMILES string of the molecule is C=C[C@@]1(O)[C@H](O)[C@@H](COP(=O)(O)OP(=O)(O)OC2OC([C@@H](O)CO)C(O)C(O)C2O)O[C@H]1n1cnc2c(N)ncnc21. The van der Waals surface area contributed by atoms with Crippen molar-refractivity contribution in [3.05, 3.63) is 25.3 Å². The molecule has 4 heterocycles. The lowest BCUT2D eigenvalue weighted by Gasteiger charge is -2.41. The Morgan fingerprint density at radius 2 is 1.81 bits per heavy atom. The Balaban J connectivity index is 1.44. The molecule has 0 radical (unpaired) electrons. The third-order valence-electron chi connectivity index (χ3n) is 6.51. The zero-order chi connectivity index (χ0) is 31.2. The summed E-state index contributed by atoms with van der Waals surface area (Å²) in [6.45, 7) is 1.46. The third-order valence-corrected chi connectivity index (χ3v) is 9.11. The predicted octanol–water partition coefficient (Wildman–Crippen LogP) is -4.00. The van der Waals surface area contributed by atoms with Crippen LogP contribution in [0.4, 0.5) is 5.82 Å². The molecule has 4 rings (SSSR count). The van der Waals surface area contributed by atoms with Crippen LogP contribution in [0.15, 0.2) is 25.3 Å². The van der Waals surface area contributed by atoms with Gasteiger partial charge in [-0.25, -0.2) is 24.1 Å². The molecule has 0 aliphatic carbocycles. The van der Waals surface area contributed by atoms with Gasteiger partial charge in [-0.1, -0.05) is 12.7 Å². The molecule has 0 bridgehead atoms. The monoisotopic (exact) mass is 645 g/mol. The number of aliphatic hydroxyl groups is 7. The number of nitrogen functional groups attached to an aromatic ring is 1. The van der Waals surface area contributed by atoms with Gasteiger partial charge in [0.15, 0.2) is 29.6 Å². The summed E-state index contributed by atoms with van der Waals surface area (Å²) in [4.78, 5) is 31.9. The smallest absolute Gasteiger partial charge is 0.394 e. The van der Waals surface area contributed by atoms with Gasteiger partial charge in [-0.15, -0.1) is 0 Å². The van der Waals surface area contributed by atoms with Gasteiger partial charge in [0.25, 0.3) is 0 Å². The Hall–Kier alpha value is -2.01. The Labute approximate surface area is 235 Å². The van der Waals surface area contributed by atoms with E-state index >= 15 is 0 Å². The van der Waals surface area contributed by atoms with Crippen LogP contribution in [-0.4, -0.2) is 133 Å². The highest BCUT2D eigenvalue weighted by Gasteiger charge is 2.56. The fraction of sp³-hybridized carbons (Fsp3) is 0.632. The molecule has 11 N–H and O–H groups in total. The molecule has 12 atom stereocenters. The number of imidazole rings is 1. The number of nitrogens with two attached hydrogens (primary N) is 1. The number of aromatic nitrogens is 4. The minimum absolute atomic E-state index is 0.00488. The van der Waals surface area contributed by atoms with Gasteiger partial charge in [0.05, 0.1) is 19.5 Å². The number of nitrogens with zero attached hydrogens (tertiary/aromatic N) is 4. The van der Waals surface area contributed by atoms with Gasteiger partial charge in [-0.05, 0) is 0 Å². The van der Waals surface area contributed by atoms with E-state index in [1.54, 1.807) is 0 Å². The molecule has 2 aromatic rings. The average Bonchev–Trinajstić information content (AvgIpc) is 3.46. The largest absolute Gasteiger partial charge is 0.483 e. The molecule has 2 aliphatic rings. The quantitative estimate of drug-likeness (QED) is 0.0821. The molecule has 0 spiro atoms. The highest BCUT2D eigenvalue weighted by molar-refractivity contribution is 7.61. The van der Waals surface area contributed by atoms with Crippen LogP contribution in [0.2, 0.25) is 0 Å². The fourth-order valence-corrected chi connectivity index (χ4v) is 6.49. The van der Waals surface area contributed by atoms with Crippen molar-refractivity contribution >= 4 is 32.6 Å². The second-order valence-electron chi connectivity index (χ2n) is 9.26. The lowest BCUT2D eigenvalue weighted by Crippen LogP contribution is -2.61. The van der Waals surface area contributed by atoms with Crippen molar-refractivity contribution in [2.24, 2.45) is 0 Å². The number of aliphatic hydroxyl groups excluding tert-OH is 6. The fourth-order valence-electron chi connectivity index (χ4n) is 4.33. The van der Waals surface area contributed by atoms with Crippen LogP contribution < -0.4 is 5.73 Å². The Morgan fingerprint density at radius 3 is 2.45 bits per heavy atom. The number of phosphoric ester groups is 2. The van der Waals surface area contributed by atoms with Crippen LogP contribution >= 0.6 is 15.6 Å². The first kappa shape index (κ1) is 32.9. The van der Waals surface area contributed by atoms with Gasteiger partial charge in [-0.3, -0.25) is 13.6 Å². The van der Waals surface area contributed by atoms with Crippen molar-refractivity contribution in [1.82, 2.24) is 19.5 Å². The molecule has 2 fully saturated rings. The van der Waals surface area contributed by atoms with Crippen molar-refractivity contribution in [1.29, 1.82) is 0 Å². The zero-order valence-corrected chi connectivity index (χ0v) is 23.0. The van der Waals surface area contributed by atoms with Crippen LogP contribution in [-0.2, 0) is 32.0 Å². The second kappa shape index (κ2) is 12.2. The van der Waals surface area contributed by atoms with E-state index in [9.17, 15) is 49.6 Å². The number of ether oxygens (including phenoxy) is 2. The first-order valence-corrected chi connectivity index (χ1v) is 14.8. The van der Waals surface area contributed by atoms with E-state index in [4.69, 9.17) is 20.3 Å². The lowest BCUT2D eigenvalue weighted by atomic mass is 9.94. The van der Waals surface area contributed by atoms with E-state index < -0.39 is 89.7 Å². The van der Waals surface area contributed by atoms with Crippen molar-refractivity contribution in [2.45, 2.75) is 60.8 Å². The topological polar surface area (TPSA) is 332 Å². The Morgan fingerprint density at radius 1 is 1.12 bits per heavy atom. The van der Waals surface area contributed by atoms with Crippen LogP contribution in [0.25, 0.3) is 11.2 Å². The molecule has 21 nitrogen and oxygen atoms in total. The normalized spacial score (nSPS) is 37.3. The van der Waals surface area contributed by atoms with Gasteiger partial charge in [0, 0.05) is 0 Å². The maximum Gasteiger partial charge on any atom is 0.483 e. The van der Waals surface area contributed by atoms with Gasteiger partial charge in [0.1, 0.15) is 54.6 Å². The Kier molecular flexibility index (Phi) is 9.53. The molecule has 236 valence electrons.